The highest BCUT2D eigenvalue weighted by atomic mass is 16.5. The van der Waals surface area contributed by atoms with Crippen LogP contribution < -0.4 is 15.2 Å². The molecule has 20 heavy (non-hydrogen) atoms. The van der Waals surface area contributed by atoms with E-state index in [0.29, 0.717) is 11.3 Å². The van der Waals surface area contributed by atoms with Gasteiger partial charge < -0.3 is 15.2 Å². The van der Waals surface area contributed by atoms with E-state index in [1.165, 1.54) is 13.4 Å². The summed E-state index contributed by atoms with van der Waals surface area (Å²) >= 11 is 0. The van der Waals surface area contributed by atoms with E-state index in [9.17, 15) is 0 Å². The number of hydrogen-bond donors (Lipinski definition) is 1. The Labute approximate surface area is 116 Å². The number of rotatable bonds is 3. The molecule has 2 aromatic rings. The van der Waals surface area contributed by atoms with Crippen molar-refractivity contribution in [2.45, 2.75) is 13.8 Å². The van der Waals surface area contributed by atoms with Crippen molar-refractivity contribution in [2.75, 3.05) is 12.8 Å². The molecular formula is C14H14N4O2. The molecule has 0 aliphatic rings. The smallest absolute Gasteiger partial charge is 0.268 e. The summed E-state index contributed by atoms with van der Waals surface area (Å²) < 4.78 is 10.9. The minimum atomic E-state index is 0.210. The highest BCUT2D eigenvalue weighted by Gasteiger charge is 2.15. The quantitative estimate of drug-likeness (QED) is 0.919. The van der Waals surface area contributed by atoms with Crippen molar-refractivity contribution in [1.29, 1.82) is 5.26 Å². The summed E-state index contributed by atoms with van der Waals surface area (Å²) in [6.07, 6.45) is 1.31. The molecule has 2 rings (SSSR count). The lowest BCUT2D eigenvalue weighted by Crippen LogP contribution is -2.01. The molecule has 0 saturated carbocycles. The summed E-state index contributed by atoms with van der Waals surface area (Å²) in [5, 5.41) is 8.94. The van der Waals surface area contributed by atoms with Crippen LogP contribution in [0.4, 0.5) is 5.82 Å². The van der Waals surface area contributed by atoms with Crippen molar-refractivity contribution in [1.82, 2.24) is 9.97 Å². The van der Waals surface area contributed by atoms with E-state index in [4.69, 9.17) is 20.5 Å². The van der Waals surface area contributed by atoms with Crippen LogP contribution in [0.3, 0.4) is 0 Å². The molecule has 0 amide bonds. The number of anilines is 1. The number of nitrogens with zero attached hydrogens (tertiary/aromatic N) is 3. The lowest BCUT2D eigenvalue weighted by molar-refractivity contribution is 0.367. The zero-order valence-electron chi connectivity index (χ0n) is 11.5. The molecule has 0 spiro atoms. The van der Waals surface area contributed by atoms with E-state index >= 15 is 0 Å². The Morgan fingerprint density at radius 1 is 1.15 bits per heavy atom. The highest BCUT2D eigenvalue weighted by molar-refractivity contribution is 5.54. The van der Waals surface area contributed by atoms with Crippen molar-refractivity contribution in [3.05, 3.63) is 35.2 Å². The third-order valence-corrected chi connectivity index (χ3v) is 2.79. The fraction of sp³-hybridized carbons (Fsp3) is 0.214. The van der Waals surface area contributed by atoms with Gasteiger partial charge in [-0.25, -0.2) is 4.98 Å². The number of methoxy groups -OCH3 is 1. The van der Waals surface area contributed by atoms with Crippen LogP contribution in [0.5, 0.6) is 17.4 Å². The molecule has 2 N–H and O–H groups in total. The zero-order valence-corrected chi connectivity index (χ0v) is 11.5. The van der Waals surface area contributed by atoms with Crippen LogP contribution in [0.1, 0.15) is 16.7 Å². The van der Waals surface area contributed by atoms with Gasteiger partial charge in [-0.1, -0.05) is 0 Å². The molecule has 1 heterocycles. The van der Waals surface area contributed by atoms with E-state index < -0.39 is 0 Å². The van der Waals surface area contributed by atoms with Crippen molar-refractivity contribution in [3.63, 3.8) is 0 Å². The van der Waals surface area contributed by atoms with E-state index in [2.05, 4.69) is 16.0 Å². The first-order valence-electron chi connectivity index (χ1n) is 5.90. The SMILES string of the molecule is COc1c(N)ncnc1Oc1c(C)cc(C#N)cc1C. The monoisotopic (exact) mass is 270 g/mol. The first kappa shape index (κ1) is 13.6. The Hall–Kier alpha value is -2.81. The number of aromatic nitrogens is 2. The molecule has 0 aliphatic heterocycles. The van der Waals surface area contributed by atoms with Gasteiger partial charge in [-0.2, -0.15) is 10.2 Å². The van der Waals surface area contributed by atoms with Gasteiger partial charge in [0.2, 0.25) is 5.75 Å². The summed E-state index contributed by atoms with van der Waals surface area (Å²) in [6.45, 7) is 3.72. The third kappa shape index (κ3) is 2.47. The van der Waals surface area contributed by atoms with Gasteiger partial charge in [-0.15, -0.1) is 0 Å². The Morgan fingerprint density at radius 3 is 2.35 bits per heavy atom. The summed E-state index contributed by atoms with van der Waals surface area (Å²) in [5.41, 5.74) is 7.96. The van der Waals surface area contributed by atoms with Crippen molar-refractivity contribution in [3.8, 4) is 23.4 Å². The molecule has 0 fully saturated rings. The number of aryl methyl sites for hydroxylation is 2. The first-order chi connectivity index (χ1) is 9.56. The van der Waals surface area contributed by atoms with Gasteiger partial charge in [0.1, 0.15) is 12.1 Å². The molecule has 0 saturated heterocycles. The maximum atomic E-state index is 8.94. The predicted molar refractivity (Wildman–Crippen MR) is 73.7 cm³/mol. The molecule has 6 nitrogen and oxygen atoms in total. The molecule has 1 aromatic carbocycles. The summed E-state index contributed by atoms with van der Waals surface area (Å²) in [6, 6.07) is 5.60. The number of benzene rings is 1. The standard InChI is InChI=1S/C14H14N4O2/c1-8-4-10(6-15)5-9(2)11(8)20-14-12(19-3)13(16)17-7-18-14/h4-5,7H,1-3H3,(H2,16,17,18). The van der Waals surface area contributed by atoms with Gasteiger partial charge in [0, 0.05) is 0 Å². The Bertz CT molecular complexity index is 669. The van der Waals surface area contributed by atoms with Gasteiger partial charge in [0.05, 0.1) is 18.7 Å². The minimum absolute atomic E-state index is 0.210. The second-order valence-corrected chi connectivity index (χ2v) is 4.25. The second kappa shape index (κ2) is 5.45. The van der Waals surface area contributed by atoms with Crippen LogP contribution in [-0.2, 0) is 0 Å². The molecule has 0 bridgehead atoms. The van der Waals surface area contributed by atoms with Crippen molar-refractivity contribution in [2.24, 2.45) is 0 Å². The summed E-state index contributed by atoms with van der Waals surface area (Å²) in [4.78, 5) is 7.87. The molecule has 102 valence electrons. The van der Waals surface area contributed by atoms with Crippen LogP contribution in [0.2, 0.25) is 0 Å². The average molecular weight is 270 g/mol. The maximum Gasteiger partial charge on any atom is 0.268 e. The van der Waals surface area contributed by atoms with Crippen molar-refractivity contribution >= 4 is 5.82 Å². The first-order valence-corrected chi connectivity index (χ1v) is 5.90. The average Bonchev–Trinajstić information content (AvgIpc) is 2.42. The van der Waals surface area contributed by atoms with Gasteiger partial charge in [-0.05, 0) is 37.1 Å². The topological polar surface area (TPSA) is 94.1 Å². The molecule has 0 aliphatic carbocycles. The molecular weight excluding hydrogens is 256 g/mol. The summed E-state index contributed by atoms with van der Waals surface area (Å²) in [7, 11) is 1.47. The van der Waals surface area contributed by atoms with Crippen LogP contribution in [0, 0.1) is 25.2 Å². The van der Waals surface area contributed by atoms with Crippen LogP contribution >= 0.6 is 0 Å². The minimum Gasteiger partial charge on any atom is -0.489 e. The Kier molecular flexibility index (Phi) is 3.71. The van der Waals surface area contributed by atoms with Crippen LogP contribution in [0.15, 0.2) is 18.5 Å². The van der Waals surface area contributed by atoms with E-state index in [1.54, 1.807) is 12.1 Å². The second-order valence-electron chi connectivity index (χ2n) is 4.25. The fourth-order valence-corrected chi connectivity index (χ4v) is 1.91. The van der Waals surface area contributed by atoms with Gasteiger partial charge in [0.25, 0.3) is 5.88 Å². The summed E-state index contributed by atoms with van der Waals surface area (Å²) in [5.74, 6) is 1.37. The third-order valence-electron chi connectivity index (χ3n) is 2.79. The normalized spacial score (nSPS) is 9.90. The number of nitrogen functional groups attached to an aromatic ring is 1. The Morgan fingerprint density at radius 2 is 1.80 bits per heavy atom. The number of hydrogen-bond acceptors (Lipinski definition) is 6. The van der Waals surface area contributed by atoms with Crippen LogP contribution in [-0.4, -0.2) is 17.1 Å². The van der Waals surface area contributed by atoms with Gasteiger partial charge >= 0.3 is 0 Å². The predicted octanol–water partition coefficient (Wildman–Crippen LogP) is 2.35. The number of ether oxygens (including phenoxy) is 2. The van der Waals surface area contributed by atoms with Crippen molar-refractivity contribution < 1.29 is 9.47 Å². The van der Waals surface area contributed by atoms with Gasteiger partial charge in [0.15, 0.2) is 5.82 Å². The van der Waals surface area contributed by atoms with Gasteiger partial charge in [-0.3, -0.25) is 0 Å². The lowest BCUT2D eigenvalue weighted by Gasteiger charge is -2.14. The highest BCUT2D eigenvalue weighted by Crippen LogP contribution is 2.35. The molecule has 0 atom stereocenters. The maximum absolute atomic E-state index is 8.94. The largest absolute Gasteiger partial charge is 0.489 e. The zero-order chi connectivity index (χ0) is 14.7. The van der Waals surface area contributed by atoms with Crippen LogP contribution in [0.25, 0.3) is 0 Å². The Balaban J connectivity index is 2.46. The molecule has 6 heteroatoms. The fourth-order valence-electron chi connectivity index (χ4n) is 1.91. The number of nitriles is 1. The number of nitrogens with two attached hydrogens (primary N) is 1. The van der Waals surface area contributed by atoms with E-state index in [0.717, 1.165) is 11.1 Å². The molecule has 1 aromatic heterocycles. The van der Waals surface area contributed by atoms with E-state index in [-0.39, 0.29) is 17.4 Å². The van der Waals surface area contributed by atoms with E-state index in [1.807, 2.05) is 13.8 Å². The molecule has 0 unspecified atom stereocenters. The lowest BCUT2D eigenvalue weighted by atomic mass is 10.1. The molecule has 0 radical (unpaired) electrons.